The SMILES string of the molecule is CC(C)OCCCNC1CC(N)C1. The van der Waals surface area contributed by atoms with Crippen LogP contribution in [-0.2, 0) is 4.74 Å². The molecule has 1 aliphatic carbocycles. The van der Waals surface area contributed by atoms with Gasteiger partial charge in [-0.1, -0.05) is 0 Å². The number of nitrogens with two attached hydrogens (primary N) is 1. The van der Waals surface area contributed by atoms with Gasteiger partial charge in [0.25, 0.3) is 0 Å². The lowest BCUT2D eigenvalue weighted by atomic mass is 9.88. The van der Waals surface area contributed by atoms with Gasteiger partial charge in [0.05, 0.1) is 6.10 Å². The number of rotatable bonds is 6. The van der Waals surface area contributed by atoms with Gasteiger partial charge in [0, 0.05) is 18.7 Å². The van der Waals surface area contributed by atoms with E-state index in [1.165, 1.54) is 0 Å². The van der Waals surface area contributed by atoms with Crippen molar-refractivity contribution in [2.75, 3.05) is 13.2 Å². The Hall–Kier alpha value is -0.120. The summed E-state index contributed by atoms with van der Waals surface area (Å²) in [5, 5.41) is 3.46. The largest absolute Gasteiger partial charge is 0.379 e. The first-order chi connectivity index (χ1) is 6.18. The van der Waals surface area contributed by atoms with E-state index in [-0.39, 0.29) is 0 Å². The molecule has 3 nitrogen and oxygen atoms in total. The van der Waals surface area contributed by atoms with E-state index in [0.29, 0.717) is 18.2 Å². The molecule has 3 N–H and O–H groups in total. The third-order valence-electron chi connectivity index (χ3n) is 2.38. The van der Waals surface area contributed by atoms with Gasteiger partial charge in [-0.2, -0.15) is 0 Å². The van der Waals surface area contributed by atoms with Crippen molar-refractivity contribution in [3.63, 3.8) is 0 Å². The third-order valence-corrected chi connectivity index (χ3v) is 2.38. The summed E-state index contributed by atoms with van der Waals surface area (Å²) in [5.41, 5.74) is 5.67. The molecule has 0 heterocycles. The fourth-order valence-corrected chi connectivity index (χ4v) is 1.53. The van der Waals surface area contributed by atoms with Crippen molar-refractivity contribution < 1.29 is 4.74 Å². The van der Waals surface area contributed by atoms with Crippen LogP contribution in [0.4, 0.5) is 0 Å². The molecule has 3 heteroatoms. The maximum atomic E-state index is 5.67. The van der Waals surface area contributed by atoms with Crippen LogP contribution < -0.4 is 11.1 Å². The van der Waals surface area contributed by atoms with Gasteiger partial charge in [-0.25, -0.2) is 0 Å². The Labute approximate surface area is 81.0 Å². The van der Waals surface area contributed by atoms with E-state index in [0.717, 1.165) is 32.4 Å². The van der Waals surface area contributed by atoms with Crippen molar-refractivity contribution in [2.24, 2.45) is 5.73 Å². The van der Waals surface area contributed by atoms with E-state index in [9.17, 15) is 0 Å². The van der Waals surface area contributed by atoms with Gasteiger partial charge in [0.15, 0.2) is 0 Å². The predicted molar refractivity (Wildman–Crippen MR) is 54.7 cm³/mol. The Bertz CT molecular complexity index is 133. The highest BCUT2D eigenvalue weighted by Crippen LogP contribution is 2.16. The molecule has 1 aliphatic rings. The summed E-state index contributed by atoms with van der Waals surface area (Å²) in [6.45, 7) is 6.06. The van der Waals surface area contributed by atoms with Crippen LogP contribution in [0.2, 0.25) is 0 Å². The molecule has 1 fully saturated rings. The molecule has 0 saturated heterocycles. The van der Waals surface area contributed by atoms with Crippen LogP contribution in [0.3, 0.4) is 0 Å². The number of ether oxygens (including phenoxy) is 1. The molecule has 13 heavy (non-hydrogen) atoms. The average Bonchev–Trinajstić information content (AvgIpc) is 1.99. The first-order valence-corrected chi connectivity index (χ1v) is 5.29. The van der Waals surface area contributed by atoms with E-state index in [4.69, 9.17) is 10.5 Å². The fraction of sp³-hybridized carbons (Fsp3) is 1.00. The topological polar surface area (TPSA) is 47.3 Å². The summed E-state index contributed by atoms with van der Waals surface area (Å²) in [4.78, 5) is 0. The minimum Gasteiger partial charge on any atom is -0.379 e. The summed E-state index contributed by atoms with van der Waals surface area (Å²) in [7, 11) is 0. The Morgan fingerprint density at radius 1 is 1.46 bits per heavy atom. The summed E-state index contributed by atoms with van der Waals surface area (Å²) >= 11 is 0. The summed E-state index contributed by atoms with van der Waals surface area (Å²) in [5.74, 6) is 0. The molecule has 0 aromatic rings. The second kappa shape index (κ2) is 5.58. The van der Waals surface area contributed by atoms with E-state index >= 15 is 0 Å². The Morgan fingerprint density at radius 3 is 2.69 bits per heavy atom. The summed E-state index contributed by atoms with van der Waals surface area (Å²) < 4.78 is 5.43. The highest BCUT2D eigenvalue weighted by atomic mass is 16.5. The average molecular weight is 186 g/mol. The van der Waals surface area contributed by atoms with Crippen molar-refractivity contribution >= 4 is 0 Å². The minimum absolute atomic E-state index is 0.358. The Balaban J connectivity index is 1.79. The van der Waals surface area contributed by atoms with Crippen LogP contribution in [0.25, 0.3) is 0 Å². The highest BCUT2D eigenvalue weighted by molar-refractivity contribution is 4.87. The van der Waals surface area contributed by atoms with Crippen LogP contribution in [0.5, 0.6) is 0 Å². The molecular formula is C10H22N2O. The molecule has 0 aliphatic heterocycles. The minimum atomic E-state index is 0.358. The van der Waals surface area contributed by atoms with Gasteiger partial charge in [0.1, 0.15) is 0 Å². The Kier molecular flexibility index (Phi) is 4.70. The molecule has 1 rings (SSSR count). The molecule has 0 amide bonds. The molecular weight excluding hydrogens is 164 g/mol. The van der Waals surface area contributed by atoms with Crippen LogP contribution in [-0.4, -0.2) is 31.3 Å². The smallest absolute Gasteiger partial charge is 0.0518 e. The van der Waals surface area contributed by atoms with Crippen molar-refractivity contribution in [1.82, 2.24) is 5.32 Å². The molecule has 0 unspecified atom stereocenters. The molecule has 0 aromatic heterocycles. The first kappa shape index (κ1) is 11.0. The van der Waals surface area contributed by atoms with Gasteiger partial charge in [0.2, 0.25) is 0 Å². The lowest BCUT2D eigenvalue weighted by molar-refractivity contribution is 0.0760. The molecule has 0 radical (unpaired) electrons. The number of nitrogens with one attached hydrogen (secondary N) is 1. The van der Waals surface area contributed by atoms with E-state index in [2.05, 4.69) is 19.2 Å². The predicted octanol–water partition coefficient (Wildman–Crippen LogP) is 0.881. The van der Waals surface area contributed by atoms with Crippen molar-refractivity contribution in [2.45, 2.75) is 51.3 Å². The van der Waals surface area contributed by atoms with Crippen molar-refractivity contribution in [3.05, 3.63) is 0 Å². The highest BCUT2D eigenvalue weighted by Gasteiger charge is 2.24. The van der Waals surface area contributed by atoms with Gasteiger partial charge in [-0.3, -0.25) is 0 Å². The Morgan fingerprint density at radius 2 is 2.15 bits per heavy atom. The third kappa shape index (κ3) is 4.60. The maximum absolute atomic E-state index is 5.67. The van der Waals surface area contributed by atoms with E-state index in [1.807, 2.05) is 0 Å². The second-order valence-corrected chi connectivity index (χ2v) is 4.16. The zero-order valence-electron chi connectivity index (χ0n) is 8.75. The summed E-state index contributed by atoms with van der Waals surface area (Å²) in [6.07, 6.45) is 3.75. The van der Waals surface area contributed by atoms with Crippen molar-refractivity contribution in [3.8, 4) is 0 Å². The van der Waals surface area contributed by atoms with Gasteiger partial charge in [-0.05, 0) is 39.7 Å². The zero-order chi connectivity index (χ0) is 9.68. The lowest BCUT2D eigenvalue weighted by Gasteiger charge is -2.33. The first-order valence-electron chi connectivity index (χ1n) is 5.29. The maximum Gasteiger partial charge on any atom is 0.0518 e. The van der Waals surface area contributed by atoms with Crippen LogP contribution >= 0.6 is 0 Å². The zero-order valence-corrected chi connectivity index (χ0v) is 8.75. The number of hydrogen-bond donors (Lipinski definition) is 2. The molecule has 0 aromatic carbocycles. The van der Waals surface area contributed by atoms with Gasteiger partial charge in [-0.15, -0.1) is 0 Å². The number of hydrogen-bond acceptors (Lipinski definition) is 3. The standard InChI is InChI=1S/C10H22N2O/c1-8(2)13-5-3-4-12-10-6-9(11)7-10/h8-10,12H,3-7,11H2,1-2H3. The molecule has 0 atom stereocenters. The molecule has 0 spiro atoms. The normalized spacial score (nSPS) is 27.7. The second-order valence-electron chi connectivity index (χ2n) is 4.16. The van der Waals surface area contributed by atoms with E-state index in [1.54, 1.807) is 0 Å². The molecule has 0 bridgehead atoms. The molecule has 1 saturated carbocycles. The van der Waals surface area contributed by atoms with E-state index < -0.39 is 0 Å². The lowest BCUT2D eigenvalue weighted by Crippen LogP contribution is -2.48. The van der Waals surface area contributed by atoms with Gasteiger partial charge >= 0.3 is 0 Å². The van der Waals surface area contributed by atoms with Gasteiger partial charge < -0.3 is 15.8 Å². The quantitative estimate of drug-likeness (QED) is 0.605. The van der Waals surface area contributed by atoms with Crippen LogP contribution in [0.1, 0.15) is 33.1 Å². The monoisotopic (exact) mass is 186 g/mol. The summed E-state index contributed by atoms with van der Waals surface area (Å²) in [6, 6.07) is 1.12. The molecule has 78 valence electrons. The van der Waals surface area contributed by atoms with Crippen molar-refractivity contribution in [1.29, 1.82) is 0 Å². The van der Waals surface area contributed by atoms with Crippen LogP contribution in [0, 0.1) is 0 Å². The fourth-order valence-electron chi connectivity index (χ4n) is 1.53. The van der Waals surface area contributed by atoms with Crippen LogP contribution in [0.15, 0.2) is 0 Å².